The van der Waals surface area contributed by atoms with Gasteiger partial charge in [-0.05, 0) is 24.3 Å². The molecule has 0 saturated heterocycles. The third-order valence-corrected chi connectivity index (χ3v) is 2.41. The van der Waals surface area contributed by atoms with Gasteiger partial charge in [-0.15, -0.1) is 0 Å². The summed E-state index contributed by atoms with van der Waals surface area (Å²) in [4.78, 5) is 11.6. The van der Waals surface area contributed by atoms with Gasteiger partial charge in [0.05, 0.1) is 18.0 Å². The summed E-state index contributed by atoms with van der Waals surface area (Å²) >= 11 is 5.78. The van der Waals surface area contributed by atoms with Gasteiger partial charge in [0.2, 0.25) is 0 Å². The fraction of sp³-hybridized carbons (Fsp3) is 0.182. The Morgan fingerprint density at radius 2 is 2.06 bits per heavy atom. The van der Waals surface area contributed by atoms with Crippen molar-refractivity contribution in [1.82, 2.24) is 9.78 Å². The Bertz CT molecular complexity index is 528. The van der Waals surface area contributed by atoms with Crippen LogP contribution in [0.15, 0.2) is 35.1 Å². The third kappa shape index (κ3) is 2.18. The van der Waals surface area contributed by atoms with Gasteiger partial charge in [-0.2, -0.15) is 0 Å². The van der Waals surface area contributed by atoms with E-state index in [1.54, 1.807) is 31.4 Å². The average molecular weight is 239 g/mol. The fourth-order valence-corrected chi connectivity index (χ4v) is 1.58. The highest BCUT2D eigenvalue weighted by Crippen LogP contribution is 2.11. The van der Waals surface area contributed by atoms with E-state index >= 15 is 0 Å². The smallest absolute Gasteiger partial charge is 0.271 e. The number of aromatic amines is 1. The molecule has 0 unspecified atom stereocenters. The van der Waals surface area contributed by atoms with Crippen LogP contribution in [-0.2, 0) is 11.3 Å². The molecule has 0 amide bonds. The number of ether oxygens (including phenoxy) is 1. The van der Waals surface area contributed by atoms with Crippen LogP contribution < -0.4 is 5.56 Å². The van der Waals surface area contributed by atoms with Crippen molar-refractivity contribution in [2.24, 2.45) is 0 Å². The van der Waals surface area contributed by atoms with E-state index in [1.165, 1.54) is 10.7 Å². The normalized spacial score (nSPS) is 10.6. The summed E-state index contributed by atoms with van der Waals surface area (Å²) < 4.78 is 6.40. The maximum Gasteiger partial charge on any atom is 0.271 e. The van der Waals surface area contributed by atoms with Gasteiger partial charge in [0.25, 0.3) is 5.56 Å². The maximum absolute atomic E-state index is 11.6. The minimum atomic E-state index is -0.116. The molecule has 1 N–H and O–H groups in total. The molecule has 4 nitrogen and oxygen atoms in total. The first-order valence-corrected chi connectivity index (χ1v) is 5.14. The van der Waals surface area contributed by atoms with Crippen molar-refractivity contribution in [1.29, 1.82) is 0 Å². The number of benzene rings is 1. The molecule has 1 aromatic carbocycles. The Morgan fingerprint density at radius 3 is 2.69 bits per heavy atom. The van der Waals surface area contributed by atoms with Crippen molar-refractivity contribution < 1.29 is 4.74 Å². The number of halogens is 1. The van der Waals surface area contributed by atoms with Crippen molar-refractivity contribution in [3.63, 3.8) is 0 Å². The minimum Gasteiger partial charge on any atom is -0.378 e. The van der Waals surface area contributed by atoms with Crippen LogP contribution in [0.25, 0.3) is 5.69 Å². The van der Waals surface area contributed by atoms with E-state index in [0.717, 1.165) is 11.4 Å². The van der Waals surface area contributed by atoms with E-state index in [2.05, 4.69) is 5.10 Å². The van der Waals surface area contributed by atoms with Crippen molar-refractivity contribution in [2.45, 2.75) is 6.61 Å². The SMILES string of the molecule is COCc1cc(=O)n(-c2ccc(Cl)cc2)[nH]1. The van der Waals surface area contributed by atoms with Crippen LogP contribution in [0.5, 0.6) is 0 Å². The van der Waals surface area contributed by atoms with Gasteiger partial charge in [-0.3, -0.25) is 9.89 Å². The predicted octanol–water partition coefficient (Wildman–Crippen LogP) is 1.97. The highest BCUT2D eigenvalue weighted by Gasteiger charge is 2.04. The van der Waals surface area contributed by atoms with Crippen LogP contribution in [0.1, 0.15) is 5.69 Å². The summed E-state index contributed by atoms with van der Waals surface area (Å²) in [5.41, 5.74) is 1.37. The first kappa shape index (κ1) is 11.0. The Balaban J connectivity index is 2.40. The van der Waals surface area contributed by atoms with Gasteiger partial charge >= 0.3 is 0 Å². The molecule has 0 radical (unpaired) electrons. The highest BCUT2D eigenvalue weighted by molar-refractivity contribution is 6.30. The standard InChI is InChI=1S/C11H11ClN2O2/c1-16-7-9-6-11(15)14(13-9)10-4-2-8(12)3-5-10/h2-6,13H,7H2,1H3. The molecular weight excluding hydrogens is 228 g/mol. The molecule has 0 aliphatic carbocycles. The van der Waals surface area contributed by atoms with Gasteiger partial charge in [-0.25, -0.2) is 4.68 Å². The second-order valence-corrected chi connectivity index (χ2v) is 3.80. The summed E-state index contributed by atoms with van der Waals surface area (Å²) in [6, 6.07) is 8.53. The molecular formula is C11H11ClN2O2. The van der Waals surface area contributed by atoms with Crippen molar-refractivity contribution in [2.75, 3.05) is 7.11 Å². The molecule has 0 aliphatic heterocycles. The van der Waals surface area contributed by atoms with Crippen LogP contribution in [0, 0.1) is 0 Å². The average Bonchev–Trinajstić information content (AvgIpc) is 2.61. The molecule has 1 heterocycles. The van der Waals surface area contributed by atoms with E-state index < -0.39 is 0 Å². The topological polar surface area (TPSA) is 47.0 Å². The molecule has 0 saturated carbocycles. The van der Waals surface area contributed by atoms with E-state index in [9.17, 15) is 4.79 Å². The van der Waals surface area contributed by atoms with E-state index in [1.807, 2.05) is 0 Å². The lowest BCUT2D eigenvalue weighted by Gasteiger charge is -2.01. The minimum absolute atomic E-state index is 0.116. The van der Waals surface area contributed by atoms with Gasteiger partial charge in [0.15, 0.2) is 0 Å². The zero-order valence-electron chi connectivity index (χ0n) is 8.74. The Morgan fingerprint density at radius 1 is 1.38 bits per heavy atom. The molecule has 84 valence electrons. The Labute approximate surface area is 97.4 Å². The predicted molar refractivity (Wildman–Crippen MR) is 62.1 cm³/mol. The zero-order chi connectivity index (χ0) is 11.5. The van der Waals surface area contributed by atoms with Gasteiger partial charge in [0.1, 0.15) is 0 Å². The van der Waals surface area contributed by atoms with Gasteiger partial charge < -0.3 is 4.74 Å². The molecule has 1 aromatic heterocycles. The number of hydrogen-bond donors (Lipinski definition) is 1. The summed E-state index contributed by atoms with van der Waals surface area (Å²) in [5.74, 6) is 0. The summed E-state index contributed by atoms with van der Waals surface area (Å²) in [6.45, 7) is 0.385. The van der Waals surface area contributed by atoms with Crippen molar-refractivity contribution in [3.8, 4) is 5.69 Å². The molecule has 5 heteroatoms. The molecule has 0 aliphatic rings. The number of H-pyrrole nitrogens is 1. The van der Waals surface area contributed by atoms with Gasteiger partial charge in [-0.1, -0.05) is 11.6 Å². The van der Waals surface area contributed by atoms with Crippen LogP contribution in [0.4, 0.5) is 0 Å². The van der Waals surface area contributed by atoms with E-state index in [-0.39, 0.29) is 5.56 Å². The van der Waals surface area contributed by atoms with E-state index in [0.29, 0.717) is 11.6 Å². The van der Waals surface area contributed by atoms with Crippen molar-refractivity contribution in [3.05, 3.63) is 51.4 Å². The number of nitrogens with one attached hydrogen (secondary N) is 1. The highest BCUT2D eigenvalue weighted by atomic mass is 35.5. The lowest BCUT2D eigenvalue weighted by molar-refractivity contribution is 0.181. The van der Waals surface area contributed by atoms with E-state index in [4.69, 9.17) is 16.3 Å². The number of nitrogens with zero attached hydrogens (tertiary/aromatic N) is 1. The maximum atomic E-state index is 11.6. The molecule has 0 spiro atoms. The number of methoxy groups -OCH3 is 1. The van der Waals surface area contributed by atoms with Gasteiger partial charge in [0, 0.05) is 18.2 Å². The molecule has 16 heavy (non-hydrogen) atoms. The molecule has 2 aromatic rings. The first-order valence-electron chi connectivity index (χ1n) is 4.76. The monoisotopic (exact) mass is 238 g/mol. The zero-order valence-corrected chi connectivity index (χ0v) is 9.49. The van der Waals surface area contributed by atoms with Crippen LogP contribution >= 0.6 is 11.6 Å². The summed E-state index contributed by atoms with van der Waals surface area (Å²) in [7, 11) is 1.58. The molecule has 2 rings (SSSR count). The Hall–Kier alpha value is -1.52. The molecule has 0 atom stereocenters. The van der Waals surface area contributed by atoms with Crippen LogP contribution in [0.3, 0.4) is 0 Å². The number of hydrogen-bond acceptors (Lipinski definition) is 2. The lowest BCUT2D eigenvalue weighted by atomic mass is 10.3. The summed E-state index contributed by atoms with van der Waals surface area (Å²) in [5, 5.41) is 3.59. The molecule has 0 fully saturated rings. The summed E-state index contributed by atoms with van der Waals surface area (Å²) in [6.07, 6.45) is 0. The Kier molecular flexibility index (Phi) is 3.12. The number of rotatable bonds is 3. The fourth-order valence-electron chi connectivity index (χ4n) is 1.46. The third-order valence-electron chi connectivity index (χ3n) is 2.16. The second-order valence-electron chi connectivity index (χ2n) is 3.36. The molecule has 0 bridgehead atoms. The number of aromatic nitrogens is 2. The lowest BCUT2D eigenvalue weighted by Crippen LogP contribution is -2.13. The largest absolute Gasteiger partial charge is 0.378 e. The first-order chi connectivity index (χ1) is 7.70. The quantitative estimate of drug-likeness (QED) is 0.889. The second kappa shape index (κ2) is 4.55. The van der Waals surface area contributed by atoms with Crippen LogP contribution in [0.2, 0.25) is 5.02 Å². The van der Waals surface area contributed by atoms with Crippen molar-refractivity contribution >= 4 is 11.6 Å². The van der Waals surface area contributed by atoms with Crippen LogP contribution in [-0.4, -0.2) is 16.9 Å².